The second-order valence-electron chi connectivity index (χ2n) is 6.51. The highest BCUT2D eigenvalue weighted by Crippen LogP contribution is 2.27. The molecule has 1 N–H and O–H groups in total. The Hall–Kier alpha value is -1.95. The normalized spacial score (nSPS) is 21.5. The van der Waals surface area contributed by atoms with Gasteiger partial charge in [-0.05, 0) is 50.6 Å². The van der Waals surface area contributed by atoms with E-state index in [0.717, 1.165) is 31.5 Å². The smallest absolute Gasteiger partial charge is 0.256 e. The number of nitrogens with zero attached hydrogens (tertiary/aromatic N) is 2. The molecule has 1 aromatic carbocycles. The predicted molar refractivity (Wildman–Crippen MR) is 86.0 cm³/mol. The number of carbonyl (C=O) groups excluding carboxylic acids is 2. The van der Waals surface area contributed by atoms with Crippen molar-refractivity contribution < 1.29 is 14.0 Å². The van der Waals surface area contributed by atoms with Crippen LogP contribution in [0.1, 0.15) is 35.2 Å². The number of fused-ring (bicyclic) bond motifs is 1. The largest absolute Gasteiger partial charge is 0.337 e. The zero-order valence-electron chi connectivity index (χ0n) is 13.6. The van der Waals surface area contributed by atoms with Gasteiger partial charge >= 0.3 is 0 Å². The van der Waals surface area contributed by atoms with Crippen molar-refractivity contribution in [2.24, 2.45) is 0 Å². The molecule has 3 rings (SSSR count). The van der Waals surface area contributed by atoms with E-state index in [2.05, 4.69) is 10.2 Å². The van der Waals surface area contributed by atoms with Crippen LogP contribution in [0.5, 0.6) is 0 Å². The van der Waals surface area contributed by atoms with Gasteiger partial charge in [0.05, 0.1) is 5.56 Å². The lowest BCUT2D eigenvalue weighted by Crippen LogP contribution is -2.47. The predicted octanol–water partition coefficient (Wildman–Crippen LogP) is 1.88. The lowest BCUT2D eigenvalue weighted by Gasteiger charge is -2.36. The fraction of sp³-hybridized carbons (Fsp3) is 0.529. The maximum absolute atomic E-state index is 14.4. The highest BCUT2D eigenvalue weighted by atomic mass is 19.1. The Morgan fingerprint density at radius 3 is 2.91 bits per heavy atom. The zero-order valence-corrected chi connectivity index (χ0v) is 13.6. The number of rotatable bonds is 2. The molecule has 23 heavy (non-hydrogen) atoms. The second-order valence-corrected chi connectivity index (χ2v) is 6.51. The summed E-state index contributed by atoms with van der Waals surface area (Å²) in [5.41, 5.74) is 1.40. The topological polar surface area (TPSA) is 52.6 Å². The van der Waals surface area contributed by atoms with Gasteiger partial charge in [-0.15, -0.1) is 0 Å². The summed E-state index contributed by atoms with van der Waals surface area (Å²) in [5.74, 6) is -0.979. The molecule has 0 spiro atoms. The summed E-state index contributed by atoms with van der Waals surface area (Å²) in [6.07, 6.45) is 2.89. The summed E-state index contributed by atoms with van der Waals surface area (Å²) in [5, 5.41) is 2.65. The first kappa shape index (κ1) is 15.9. The van der Waals surface area contributed by atoms with Gasteiger partial charge < -0.3 is 15.1 Å². The number of hydrogen-bond acceptors (Lipinski definition) is 3. The number of piperidine rings is 1. The van der Waals surface area contributed by atoms with Crippen LogP contribution in [0.15, 0.2) is 12.1 Å². The Labute approximate surface area is 135 Å². The van der Waals surface area contributed by atoms with Crippen molar-refractivity contribution in [2.45, 2.75) is 31.7 Å². The molecule has 6 heteroatoms. The van der Waals surface area contributed by atoms with Crippen molar-refractivity contribution in [1.29, 1.82) is 0 Å². The Morgan fingerprint density at radius 2 is 2.17 bits per heavy atom. The van der Waals surface area contributed by atoms with Gasteiger partial charge in [-0.2, -0.15) is 0 Å². The van der Waals surface area contributed by atoms with Crippen molar-refractivity contribution in [3.63, 3.8) is 0 Å². The van der Waals surface area contributed by atoms with Crippen LogP contribution >= 0.6 is 0 Å². The van der Waals surface area contributed by atoms with E-state index in [1.807, 2.05) is 7.05 Å². The van der Waals surface area contributed by atoms with Crippen molar-refractivity contribution in [1.82, 2.24) is 9.80 Å². The van der Waals surface area contributed by atoms with Crippen molar-refractivity contribution in [2.75, 3.05) is 32.5 Å². The van der Waals surface area contributed by atoms with Gasteiger partial charge in [0.25, 0.3) is 5.91 Å². The van der Waals surface area contributed by atoms with Crippen LogP contribution in [-0.4, -0.2) is 54.8 Å². The summed E-state index contributed by atoms with van der Waals surface area (Å²) < 4.78 is 14.4. The molecule has 2 aliphatic heterocycles. The first-order valence-electron chi connectivity index (χ1n) is 8.03. The monoisotopic (exact) mass is 319 g/mol. The van der Waals surface area contributed by atoms with Gasteiger partial charge in [0, 0.05) is 31.7 Å². The molecule has 1 aromatic rings. The molecular weight excluding hydrogens is 297 g/mol. The van der Waals surface area contributed by atoms with Gasteiger partial charge in [0.2, 0.25) is 5.91 Å². The van der Waals surface area contributed by atoms with Crippen LogP contribution in [0.4, 0.5) is 10.1 Å². The average molecular weight is 319 g/mol. The zero-order chi connectivity index (χ0) is 16.6. The summed E-state index contributed by atoms with van der Waals surface area (Å²) in [7, 11) is 3.78. The van der Waals surface area contributed by atoms with E-state index in [-0.39, 0.29) is 23.4 Å². The lowest BCUT2D eigenvalue weighted by molar-refractivity contribution is -0.116. The summed E-state index contributed by atoms with van der Waals surface area (Å²) >= 11 is 0. The minimum Gasteiger partial charge on any atom is -0.337 e. The Morgan fingerprint density at radius 1 is 1.39 bits per heavy atom. The number of amides is 2. The van der Waals surface area contributed by atoms with Crippen molar-refractivity contribution in [3.8, 4) is 0 Å². The summed E-state index contributed by atoms with van der Waals surface area (Å²) in [6.45, 7) is 1.84. The lowest BCUT2D eigenvalue weighted by atomic mass is 9.98. The van der Waals surface area contributed by atoms with Crippen LogP contribution in [0.2, 0.25) is 0 Å². The molecule has 0 radical (unpaired) electrons. The van der Waals surface area contributed by atoms with E-state index >= 15 is 0 Å². The third-order valence-electron chi connectivity index (χ3n) is 4.79. The molecule has 1 atom stereocenters. The van der Waals surface area contributed by atoms with Crippen LogP contribution in [0.25, 0.3) is 0 Å². The van der Waals surface area contributed by atoms with Gasteiger partial charge in [-0.3, -0.25) is 9.59 Å². The number of halogens is 1. The Kier molecular flexibility index (Phi) is 4.35. The molecule has 0 aliphatic carbocycles. The number of anilines is 1. The number of hydrogen-bond donors (Lipinski definition) is 1. The molecule has 0 saturated carbocycles. The number of carbonyl (C=O) groups is 2. The fourth-order valence-electron chi connectivity index (χ4n) is 3.38. The molecular formula is C17H22FN3O2. The first-order valence-corrected chi connectivity index (χ1v) is 8.03. The molecule has 2 amide bonds. The number of benzene rings is 1. The van der Waals surface area contributed by atoms with E-state index in [1.165, 1.54) is 6.07 Å². The highest BCUT2D eigenvalue weighted by Gasteiger charge is 2.28. The van der Waals surface area contributed by atoms with E-state index in [4.69, 9.17) is 0 Å². The fourth-order valence-corrected chi connectivity index (χ4v) is 3.38. The SMILES string of the molecule is CN1CCCC(N(C)C(=O)c2cc3c(cc2F)NC(=O)CC3)C1. The summed E-state index contributed by atoms with van der Waals surface area (Å²) in [6, 6.07) is 2.96. The molecule has 0 bridgehead atoms. The Bertz CT molecular complexity index is 647. The van der Waals surface area contributed by atoms with Gasteiger partial charge in [0.1, 0.15) is 5.82 Å². The number of likely N-dealkylation sites (N-methyl/N-ethyl adjacent to an activating group) is 2. The van der Waals surface area contributed by atoms with E-state index in [1.54, 1.807) is 18.0 Å². The standard InChI is InChI=1S/C17H22FN3O2/c1-20-7-3-4-12(10-20)21(2)17(23)13-8-11-5-6-16(22)19-15(11)9-14(13)18/h8-9,12H,3-7,10H2,1-2H3,(H,19,22). The molecule has 0 aromatic heterocycles. The van der Waals surface area contributed by atoms with E-state index in [0.29, 0.717) is 18.5 Å². The van der Waals surface area contributed by atoms with Crippen LogP contribution < -0.4 is 5.32 Å². The molecule has 1 unspecified atom stereocenters. The highest BCUT2D eigenvalue weighted by molar-refractivity contribution is 5.98. The minimum atomic E-state index is -0.577. The molecule has 124 valence electrons. The third kappa shape index (κ3) is 3.22. The number of aryl methyl sites for hydroxylation is 1. The number of likely N-dealkylation sites (tertiary alicyclic amines) is 1. The molecule has 5 nitrogen and oxygen atoms in total. The van der Waals surface area contributed by atoms with Crippen LogP contribution in [0.3, 0.4) is 0 Å². The summed E-state index contributed by atoms with van der Waals surface area (Å²) in [4.78, 5) is 27.9. The van der Waals surface area contributed by atoms with Crippen molar-refractivity contribution in [3.05, 3.63) is 29.1 Å². The van der Waals surface area contributed by atoms with Crippen molar-refractivity contribution >= 4 is 17.5 Å². The molecule has 2 heterocycles. The molecule has 1 saturated heterocycles. The maximum Gasteiger partial charge on any atom is 0.256 e. The van der Waals surface area contributed by atoms with Gasteiger partial charge in [0.15, 0.2) is 0 Å². The quantitative estimate of drug-likeness (QED) is 0.905. The van der Waals surface area contributed by atoms with Crippen LogP contribution in [0, 0.1) is 5.82 Å². The van der Waals surface area contributed by atoms with Crippen LogP contribution in [-0.2, 0) is 11.2 Å². The Balaban J connectivity index is 1.83. The first-order chi connectivity index (χ1) is 11.0. The van der Waals surface area contributed by atoms with Gasteiger partial charge in [-0.25, -0.2) is 4.39 Å². The average Bonchev–Trinajstić information content (AvgIpc) is 2.52. The maximum atomic E-state index is 14.4. The minimum absolute atomic E-state index is 0.0932. The van der Waals surface area contributed by atoms with E-state index < -0.39 is 5.82 Å². The molecule has 1 fully saturated rings. The number of nitrogens with one attached hydrogen (secondary N) is 1. The van der Waals surface area contributed by atoms with Gasteiger partial charge in [-0.1, -0.05) is 0 Å². The third-order valence-corrected chi connectivity index (χ3v) is 4.79. The molecule has 2 aliphatic rings. The van der Waals surface area contributed by atoms with E-state index in [9.17, 15) is 14.0 Å². The second kappa shape index (κ2) is 6.28.